The number of nitrogen functional groups attached to an aromatic ring is 1. The van der Waals surface area contributed by atoms with Gasteiger partial charge in [0.1, 0.15) is 0 Å². The molecule has 6 aromatic rings. The molecule has 0 atom stereocenters. The highest BCUT2D eigenvalue weighted by Gasteiger charge is 2.16. The number of rotatable bonds is 3. The van der Waals surface area contributed by atoms with Crippen LogP contribution in [-0.2, 0) is 0 Å². The lowest BCUT2D eigenvalue weighted by atomic mass is 9.87. The van der Waals surface area contributed by atoms with E-state index in [0.29, 0.717) is 5.92 Å². The third-order valence-corrected chi connectivity index (χ3v) is 9.13. The van der Waals surface area contributed by atoms with Crippen molar-refractivity contribution in [2.45, 2.75) is 63.7 Å². The SMILES string of the molecule is Nc1cc2ccccc2cc1-c1ccc2c3ccccc3n(-c3ccc(C4CCCCCCCCC4)cc3)c2c1. The molecule has 7 rings (SSSR count). The molecule has 0 amide bonds. The lowest BCUT2D eigenvalue weighted by Gasteiger charge is -2.19. The molecule has 0 aliphatic heterocycles. The summed E-state index contributed by atoms with van der Waals surface area (Å²) in [5, 5.41) is 4.94. The first-order valence-electron chi connectivity index (χ1n) is 15.2. The van der Waals surface area contributed by atoms with E-state index in [1.54, 1.807) is 0 Å². The van der Waals surface area contributed by atoms with E-state index in [0.717, 1.165) is 16.8 Å². The van der Waals surface area contributed by atoms with Crippen LogP contribution in [0.3, 0.4) is 0 Å². The van der Waals surface area contributed by atoms with Gasteiger partial charge in [-0.2, -0.15) is 0 Å². The molecule has 200 valence electrons. The fourth-order valence-corrected chi connectivity index (χ4v) is 6.96. The van der Waals surface area contributed by atoms with Gasteiger partial charge in [0.25, 0.3) is 0 Å². The monoisotopic (exact) mass is 522 g/mol. The molecule has 0 spiro atoms. The van der Waals surface area contributed by atoms with E-state index in [1.165, 1.54) is 102 Å². The van der Waals surface area contributed by atoms with Crippen molar-refractivity contribution >= 4 is 38.3 Å². The normalized spacial score (nSPS) is 15.6. The van der Waals surface area contributed by atoms with Crippen molar-refractivity contribution in [2.24, 2.45) is 0 Å². The summed E-state index contributed by atoms with van der Waals surface area (Å²) in [4.78, 5) is 0. The van der Waals surface area contributed by atoms with E-state index in [-0.39, 0.29) is 0 Å². The Morgan fingerprint density at radius 1 is 0.550 bits per heavy atom. The fraction of sp³-hybridized carbons (Fsp3) is 0.263. The highest BCUT2D eigenvalue weighted by molar-refractivity contribution is 6.10. The zero-order valence-electron chi connectivity index (χ0n) is 23.3. The van der Waals surface area contributed by atoms with Crippen molar-refractivity contribution < 1.29 is 0 Å². The Bertz CT molecular complexity index is 1780. The van der Waals surface area contributed by atoms with Crippen LogP contribution >= 0.6 is 0 Å². The summed E-state index contributed by atoms with van der Waals surface area (Å²) in [6.45, 7) is 0. The molecule has 2 heteroatoms. The Balaban J connectivity index is 1.32. The molecule has 1 aliphatic rings. The Morgan fingerprint density at radius 3 is 1.93 bits per heavy atom. The Hall–Kier alpha value is -4.04. The number of nitrogens with two attached hydrogens (primary N) is 1. The molecule has 2 nitrogen and oxygen atoms in total. The lowest BCUT2D eigenvalue weighted by molar-refractivity contribution is 0.463. The average molecular weight is 523 g/mol. The first-order valence-corrected chi connectivity index (χ1v) is 15.2. The van der Waals surface area contributed by atoms with Crippen LogP contribution in [0.1, 0.15) is 69.3 Å². The number of aromatic nitrogens is 1. The molecule has 40 heavy (non-hydrogen) atoms. The van der Waals surface area contributed by atoms with E-state index < -0.39 is 0 Å². The highest BCUT2D eigenvalue weighted by Crippen LogP contribution is 2.38. The molecule has 1 fully saturated rings. The molecule has 1 aromatic heterocycles. The summed E-state index contributed by atoms with van der Waals surface area (Å²) in [6.07, 6.45) is 12.4. The maximum atomic E-state index is 6.61. The summed E-state index contributed by atoms with van der Waals surface area (Å²) in [5.74, 6) is 0.688. The number of hydrogen-bond acceptors (Lipinski definition) is 1. The van der Waals surface area contributed by atoms with Crippen molar-refractivity contribution in [1.82, 2.24) is 4.57 Å². The van der Waals surface area contributed by atoms with Gasteiger partial charge < -0.3 is 10.3 Å². The smallest absolute Gasteiger partial charge is 0.0547 e. The van der Waals surface area contributed by atoms with Crippen LogP contribution in [-0.4, -0.2) is 4.57 Å². The maximum Gasteiger partial charge on any atom is 0.0547 e. The van der Waals surface area contributed by atoms with Crippen LogP contribution in [0.25, 0.3) is 49.4 Å². The minimum Gasteiger partial charge on any atom is -0.398 e. The third kappa shape index (κ3) is 4.66. The molecular formula is C38H38N2. The van der Waals surface area contributed by atoms with Crippen LogP contribution in [0.5, 0.6) is 0 Å². The van der Waals surface area contributed by atoms with Crippen LogP contribution < -0.4 is 5.73 Å². The zero-order valence-corrected chi connectivity index (χ0v) is 23.3. The Kier molecular flexibility index (Phi) is 6.77. The van der Waals surface area contributed by atoms with Crippen LogP contribution in [0.4, 0.5) is 5.69 Å². The molecule has 1 aliphatic carbocycles. The standard InChI is InChI=1S/C38H38N2/c39-36-25-30-15-9-8-14-29(30)24-35(36)31-20-23-34-33-16-10-11-17-37(33)40(38(34)26-31)32-21-18-28(19-22-32)27-12-6-4-2-1-3-5-7-13-27/h8-11,14-27H,1-7,12-13,39H2. The molecule has 2 N–H and O–H groups in total. The molecule has 5 aromatic carbocycles. The van der Waals surface area contributed by atoms with Gasteiger partial charge in [0.2, 0.25) is 0 Å². The van der Waals surface area contributed by atoms with Crippen LogP contribution in [0.2, 0.25) is 0 Å². The second-order valence-electron chi connectivity index (χ2n) is 11.7. The Labute approximate surface area is 237 Å². The number of fused-ring (bicyclic) bond motifs is 4. The van der Waals surface area contributed by atoms with Gasteiger partial charge in [-0.05, 0) is 77.1 Å². The van der Waals surface area contributed by atoms with Gasteiger partial charge in [-0.3, -0.25) is 0 Å². The summed E-state index contributed by atoms with van der Waals surface area (Å²) in [7, 11) is 0. The van der Waals surface area contributed by atoms with E-state index in [9.17, 15) is 0 Å². The summed E-state index contributed by atoms with van der Waals surface area (Å²) in [5.41, 5.74) is 14.9. The lowest BCUT2D eigenvalue weighted by Crippen LogP contribution is -2.02. The number of benzene rings is 5. The molecule has 1 saturated carbocycles. The van der Waals surface area contributed by atoms with E-state index in [2.05, 4.69) is 108 Å². The van der Waals surface area contributed by atoms with Gasteiger partial charge in [0, 0.05) is 27.7 Å². The van der Waals surface area contributed by atoms with Crippen molar-refractivity contribution in [3.8, 4) is 16.8 Å². The van der Waals surface area contributed by atoms with Crippen molar-refractivity contribution in [3.63, 3.8) is 0 Å². The second-order valence-corrected chi connectivity index (χ2v) is 11.7. The van der Waals surface area contributed by atoms with E-state index in [4.69, 9.17) is 5.73 Å². The quantitative estimate of drug-likeness (QED) is 0.230. The van der Waals surface area contributed by atoms with E-state index in [1.807, 2.05) is 0 Å². The van der Waals surface area contributed by atoms with Gasteiger partial charge in [0.05, 0.1) is 11.0 Å². The molecule has 0 radical (unpaired) electrons. The second kappa shape index (κ2) is 10.8. The largest absolute Gasteiger partial charge is 0.398 e. The zero-order chi connectivity index (χ0) is 26.9. The number of nitrogens with zero attached hydrogens (tertiary/aromatic N) is 1. The fourth-order valence-electron chi connectivity index (χ4n) is 6.96. The molecular weight excluding hydrogens is 484 g/mol. The first-order chi connectivity index (χ1) is 19.8. The predicted octanol–water partition coefficient (Wildman–Crippen LogP) is 10.8. The summed E-state index contributed by atoms with van der Waals surface area (Å²) in [6, 6.07) is 37.9. The minimum atomic E-state index is 0.688. The molecule has 1 heterocycles. The Morgan fingerprint density at radius 2 is 1.18 bits per heavy atom. The van der Waals surface area contributed by atoms with Crippen molar-refractivity contribution in [1.29, 1.82) is 0 Å². The van der Waals surface area contributed by atoms with Crippen molar-refractivity contribution in [2.75, 3.05) is 5.73 Å². The van der Waals surface area contributed by atoms with E-state index >= 15 is 0 Å². The molecule has 0 unspecified atom stereocenters. The van der Waals surface area contributed by atoms with Gasteiger partial charge in [0.15, 0.2) is 0 Å². The summed E-state index contributed by atoms with van der Waals surface area (Å²) >= 11 is 0. The number of anilines is 1. The maximum absolute atomic E-state index is 6.61. The number of hydrogen-bond donors (Lipinski definition) is 1. The predicted molar refractivity (Wildman–Crippen MR) is 172 cm³/mol. The molecule has 0 bridgehead atoms. The van der Waals surface area contributed by atoms with Crippen molar-refractivity contribution in [3.05, 3.63) is 109 Å². The molecule has 0 saturated heterocycles. The number of para-hydroxylation sites is 1. The highest BCUT2D eigenvalue weighted by atomic mass is 15.0. The van der Waals surface area contributed by atoms with Crippen LogP contribution in [0.15, 0.2) is 103 Å². The third-order valence-electron chi connectivity index (χ3n) is 9.13. The minimum absolute atomic E-state index is 0.688. The van der Waals surface area contributed by atoms with Gasteiger partial charge in [-0.1, -0.05) is 112 Å². The van der Waals surface area contributed by atoms with Gasteiger partial charge >= 0.3 is 0 Å². The van der Waals surface area contributed by atoms with Gasteiger partial charge in [-0.25, -0.2) is 0 Å². The average Bonchev–Trinajstić information content (AvgIpc) is 3.33. The first kappa shape index (κ1) is 25.0. The van der Waals surface area contributed by atoms with Crippen LogP contribution in [0, 0.1) is 0 Å². The van der Waals surface area contributed by atoms with Gasteiger partial charge in [-0.15, -0.1) is 0 Å². The summed E-state index contributed by atoms with van der Waals surface area (Å²) < 4.78 is 2.43. The topological polar surface area (TPSA) is 30.9 Å².